The third kappa shape index (κ3) is 2.78. The third-order valence-electron chi connectivity index (χ3n) is 3.52. The van der Waals surface area contributed by atoms with E-state index >= 15 is 0 Å². The molecule has 0 aromatic heterocycles. The fourth-order valence-corrected chi connectivity index (χ4v) is 2.61. The van der Waals surface area contributed by atoms with Crippen molar-refractivity contribution in [2.45, 2.75) is 38.6 Å². The van der Waals surface area contributed by atoms with E-state index in [1.165, 1.54) is 31.5 Å². The van der Waals surface area contributed by atoms with Crippen molar-refractivity contribution < 1.29 is 0 Å². The zero-order valence-corrected chi connectivity index (χ0v) is 10.9. The van der Waals surface area contributed by atoms with Crippen molar-refractivity contribution in [1.29, 1.82) is 0 Å². The van der Waals surface area contributed by atoms with Crippen molar-refractivity contribution in [3.63, 3.8) is 0 Å². The van der Waals surface area contributed by atoms with Crippen molar-refractivity contribution in [2.24, 2.45) is 0 Å². The van der Waals surface area contributed by atoms with Crippen LogP contribution >= 0.6 is 11.6 Å². The van der Waals surface area contributed by atoms with E-state index in [0.717, 1.165) is 5.02 Å². The van der Waals surface area contributed by atoms with Gasteiger partial charge in [0.1, 0.15) is 0 Å². The summed E-state index contributed by atoms with van der Waals surface area (Å²) < 4.78 is 0. The summed E-state index contributed by atoms with van der Waals surface area (Å²) in [7, 11) is 0. The van der Waals surface area contributed by atoms with E-state index < -0.39 is 0 Å². The summed E-state index contributed by atoms with van der Waals surface area (Å²) in [6, 6.07) is 9.03. The van der Waals surface area contributed by atoms with Crippen molar-refractivity contribution in [1.82, 2.24) is 4.90 Å². The van der Waals surface area contributed by atoms with Gasteiger partial charge in [-0.15, -0.1) is 0 Å². The number of halogens is 1. The fraction of sp³-hybridized carbons (Fsp3) is 0.571. The van der Waals surface area contributed by atoms with Crippen LogP contribution in [0.5, 0.6) is 0 Å². The number of benzene rings is 1. The molecule has 1 nitrogen and oxygen atoms in total. The Morgan fingerprint density at radius 3 is 2.56 bits per heavy atom. The molecule has 0 bridgehead atoms. The normalized spacial score (nSPS) is 22.6. The molecule has 1 heterocycles. The van der Waals surface area contributed by atoms with Crippen LogP contribution in [-0.2, 0) is 0 Å². The first-order valence-corrected chi connectivity index (χ1v) is 6.54. The molecule has 0 N–H and O–H groups in total. The zero-order chi connectivity index (χ0) is 11.5. The molecular formula is C14H20ClN. The molecule has 88 valence electrons. The number of nitrogens with zero attached hydrogens (tertiary/aromatic N) is 1. The van der Waals surface area contributed by atoms with Crippen molar-refractivity contribution in [3.8, 4) is 0 Å². The molecule has 1 aromatic rings. The van der Waals surface area contributed by atoms with Gasteiger partial charge in [-0.25, -0.2) is 0 Å². The average Bonchev–Trinajstić information content (AvgIpc) is 2.30. The van der Waals surface area contributed by atoms with Crippen LogP contribution in [0.1, 0.15) is 38.2 Å². The second-order valence-electron chi connectivity index (χ2n) is 4.98. The van der Waals surface area contributed by atoms with E-state index in [1.54, 1.807) is 0 Å². The maximum Gasteiger partial charge on any atom is 0.0406 e. The molecule has 0 aliphatic carbocycles. The second kappa shape index (κ2) is 5.20. The lowest BCUT2D eigenvalue weighted by molar-refractivity contribution is 0.167. The zero-order valence-electron chi connectivity index (χ0n) is 10.1. The molecule has 1 aliphatic heterocycles. The minimum absolute atomic E-state index is 0.662. The van der Waals surface area contributed by atoms with E-state index in [4.69, 9.17) is 11.6 Å². The van der Waals surface area contributed by atoms with Crippen LogP contribution in [0.4, 0.5) is 0 Å². The predicted molar refractivity (Wildman–Crippen MR) is 70.1 cm³/mol. The molecule has 2 rings (SSSR count). The van der Waals surface area contributed by atoms with E-state index in [1.807, 2.05) is 12.1 Å². The first-order valence-electron chi connectivity index (χ1n) is 6.16. The quantitative estimate of drug-likeness (QED) is 0.754. The van der Waals surface area contributed by atoms with Crippen LogP contribution in [0.15, 0.2) is 24.3 Å². The number of rotatable bonds is 2. The molecule has 1 aliphatic rings. The lowest BCUT2D eigenvalue weighted by atomic mass is 9.90. The summed E-state index contributed by atoms with van der Waals surface area (Å²) >= 11 is 5.92. The second-order valence-corrected chi connectivity index (χ2v) is 5.42. The molecule has 1 aromatic carbocycles. The van der Waals surface area contributed by atoms with Gasteiger partial charge in [-0.2, -0.15) is 0 Å². The minimum Gasteiger partial charge on any atom is -0.300 e. The van der Waals surface area contributed by atoms with E-state index in [2.05, 4.69) is 30.9 Å². The lowest BCUT2D eigenvalue weighted by Gasteiger charge is -2.35. The predicted octanol–water partition coefficient (Wildman–Crippen LogP) is 3.93. The Morgan fingerprint density at radius 2 is 1.94 bits per heavy atom. The molecule has 1 atom stereocenters. The molecular weight excluding hydrogens is 218 g/mol. The Balaban J connectivity index is 2.06. The highest BCUT2D eigenvalue weighted by molar-refractivity contribution is 6.30. The standard InChI is InChI=1S/C14H20ClN/c1-11(2)16-9-3-4-13(10-16)12-5-7-14(15)8-6-12/h5-8,11,13H,3-4,9-10H2,1-2H3/t13-/m0/s1. The Labute approximate surface area is 103 Å². The van der Waals surface area contributed by atoms with Crippen molar-refractivity contribution >= 4 is 11.6 Å². The van der Waals surface area contributed by atoms with Gasteiger partial charge in [0.05, 0.1) is 0 Å². The maximum absolute atomic E-state index is 5.92. The summed E-state index contributed by atoms with van der Waals surface area (Å²) in [5.74, 6) is 0.688. The summed E-state index contributed by atoms with van der Waals surface area (Å²) in [6.45, 7) is 7.01. The van der Waals surface area contributed by atoms with E-state index in [0.29, 0.717) is 12.0 Å². The molecule has 16 heavy (non-hydrogen) atoms. The number of hydrogen-bond donors (Lipinski definition) is 0. The molecule has 2 heteroatoms. The van der Waals surface area contributed by atoms with Crippen molar-refractivity contribution in [3.05, 3.63) is 34.9 Å². The van der Waals surface area contributed by atoms with Gasteiger partial charge in [-0.1, -0.05) is 23.7 Å². The highest BCUT2D eigenvalue weighted by atomic mass is 35.5. The van der Waals surface area contributed by atoms with Crippen LogP contribution in [0.3, 0.4) is 0 Å². The Bertz CT molecular complexity index is 331. The van der Waals surface area contributed by atoms with Gasteiger partial charge in [-0.05, 0) is 56.8 Å². The summed E-state index contributed by atoms with van der Waals surface area (Å²) in [6.07, 6.45) is 2.62. The molecule has 0 radical (unpaired) electrons. The number of piperidine rings is 1. The van der Waals surface area contributed by atoms with Crippen molar-refractivity contribution in [2.75, 3.05) is 13.1 Å². The van der Waals surface area contributed by atoms with Gasteiger partial charge in [0, 0.05) is 17.6 Å². The minimum atomic E-state index is 0.662. The molecule has 0 amide bonds. The summed E-state index contributed by atoms with van der Waals surface area (Å²) in [4.78, 5) is 2.57. The Hall–Kier alpha value is -0.530. The molecule has 1 fully saturated rings. The maximum atomic E-state index is 5.92. The monoisotopic (exact) mass is 237 g/mol. The van der Waals surface area contributed by atoms with E-state index in [9.17, 15) is 0 Å². The Morgan fingerprint density at radius 1 is 1.25 bits per heavy atom. The molecule has 1 saturated heterocycles. The van der Waals surface area contributed by atoms with Gasteiger partial charge >= 0.3 is 0 Å². The van der Waals surface area contributed by atoms with Crippen LogP contribution in [0.2, 0.25) is 5.02 Å². The van der Waals surface area contributed by atoms with E-state index in [-0.39, 0.29) is 0 Å². The van der Waals surface area contributed by atoms with Gasteiger partial charge in [0.15, 0.2) is 0 Å². The van der Waals surface area contributed by atoms with Gasteiger partial charge in [-0.3, -0.25) is 0 Å². The van der Waals surface area contributed by atoms with Crippen LogP contribution in [0.25, 0.3) is 0 Å². The topological polar surface area (TPSA) is 3.24 Å². The third-order valence-corrected chi connectivity index (χ3v) is 3.78. The van der Waals surface area contributed by atoms with Gasteiger partial charge < -0.3 is 4.90 Å². The number of hydrogen-bond acceptors (Lipinski definition) is 1. The van der Waals surface area contributed by atoms with Crippen LogP contribution < -0.4 is 0 Å². The first kappa shape index (κ1) is 11.9. The van der Waals surface area contributed by atoms with Crippen LogP contribution in [0, 0.1) is 0 Å². The molecule has 0 unspecified atom stereocenters. The van der Waals surface area contributed by atoms with Gasteiger partial charge in [0.25, 0.3) is 0 Å². The summed E-state index contributed by atoms with van der Waals surface area (Å²) in [5.41, 5.74) is 1.44. The van der Waals surface area contributed by atoms with Crippen LogP contribution in [-0.4, -0.2) is 24.0 Å². The molecule has 0 saturated carbocycles. The largest absolute Gasteiger partial charge is 0.300 e. The highest BCUT2D eigenvalue weighted by Gasteiger charge is 2.22. The Kier molecular flexibility index (Phi) is 3.88. The lowest BCUT2D eigenvalue weighted by Crippen LogP contribution is -2.39. The van der Waals surface area contributed by atoms with Gasteiger partial charge in [0.2, 0.25) is 0 Å². The molecule has 0 spiro atoms. The highest BCUT2D eigenvalue weighted by Crippen LogP contribution is 2.28. The average molecular weight is 238 g/mol. The first-order chi connectivity index (χ1) is 7.66. The number of likely N-dealkylation sites (tertiary alicyclic amines) is 1. The summed E-state index contributed by atoms with van der Waals surface area (Å²) in [5, 5.41) is 0.834. The fourth-order valence-electron chi connectivity index (χ4n) is 2.48. The smallest absolute Gasteiger partial charge is 0.0406 e. The SMILES string of the molecule is CC(C)N1CCC[C@H](c2ccc(Cl)cc2)C1.